The molecule has 0 aliphatic carbocycles. The summed E-state index contributed by atoms with van der Waals surface area (Å²) in [6.07, 6.45) is 0.487. The van der Waals surface area contributed by atoms with E-state index in [4.69, 9.17) is 9.47 Å². The van der Waals surface area contributed by atoms with Crippen LogP contribution in [0.25, 0.3) is 0 Å². The van der Waals surface area contributed by atoms with E-state index in [-0.39, 0.29) is 10.6 Å². The number of ether oxygens (including phenoxy) is 2. The second-order valence-corrected chi connectivity index (χ2v) is 10.7. The Morgan fingerprint density at radius 2 is 1.74 bits per heavy atom. The van der Waals surface area contributed by atoms with Crippen LogP contribution in [-0.2, 0) is 14.8 Å². The molecule has 1 aliphatic rings. The van der Waals surface area contributed by atoms with Crippen LogP contribution in [0.1, 0.15) is 31.9 Å². The molecule has 9 heteroatoms. The fourth-order valence-electron chi connectivity index (χ4n) is 4.13. The SMILES string of the molecule is COc1ccc(S(=O)(=O)N(CC(=O)NC2CC(C)(C)Oc3ccccc32)c2ccccc2F)cc1. The van der Waals surface area contributed by atoms with Crippen molar-refractivity contribution in [1.29, 1.82) is 0 Å². The molecule has 1 atom stereocenters. The molecule has 1 amide bonds. The molecule has 0 fully saturated rings. The van der Waals surface area contributed by atoms with Gasteiger partial charge in [0.2, 0.25) is 5.91 Å². The average molecular weight is 499 g/mol. The van der Waals surface area contributed by atoms with E-state index in [2.05, 4.69) is 5.32 Å². The van der Waals surface area contributed by atoms with Gasteiger partial charge in [0.1, 0.15) is 29.5 Å². The molecule has 7 nitrogen and oxygen atoms in total. The molecule has 1 N–H and O–H groups in total. The van der Waals surface area contributed by atoms with Gasteiger partial charge in [0.15, 0.2) is 0 Å². The Labute approximate surface area is 204 Å². The highest BCUT2D eigenvalue weighted by molar-refractivity contribution is 7.92. The van der Waals surface area contributed by atoms with Crippen molar-refractivity contribution in [2.75, 3.05) is 18.0 Å². The number of nitrogens with one attached hydrogen (secondary N) is 1. The van der Waals surface area contributed by atoms with Crippen molar-refractivity contribution in [2.24, 2.45) is 0 Å². The van der Waals surface area contributed by atoms with Crippen molar-refractivity contribution in [3.05, 3.63) is 84.2 Å². The number of para-hydroxylation sites is 2. The van der Waals surface area contributed by atoms with E-state index in [0.717, 1.165) is 15.9 Å². The number of anilines is 1. The van der Waals surface area contributed by atoms with Crippen molar-refractivity contribution in [1.82, 2.24) is 5.32 Å². The molecule has 184 valence electrons. The van der Waals surface area contributed by atoms with Gasteiger partial charge in [0.05, 0.1) is 23.7 Å². The van der Waals surface area contributed by atoms with Crippen LogP contribution in [0.15, 0.2) is 77.7 Å². The van der Waals surface area contributed by atoms with Crippen LogP contribution in [0.5, 0.6) is 11.5 Å². The number of carbonyl (C=O) groups excluding carboxylic acids is 1. The molecule has 0 spiro atoms. The summed E-state index contributed by atoms with van der Waals surface area (Å²) in [7, 11) is -2.80. The maximum atomic E-state index is 14.7. The minimum Gasteiger partial charge on any atom is -0.497 e. The van der Waals surface area contributed by atoms with Gasteiger partial charge in [-0.2, -0.15) is 0 Å². The number of methoxy groups -OCH3 is 1. The lowest BCUT2D eigenvalue weighted by molar-refractivity contribution is -0.120. The van der Waals surface area contributed by atoms with Crippen molar-refractivity contribution in [3.63, 3.8) is 0 Å². The lowest BCUT2D eigenvalue weighted by atomic mass is 9.89. The number of nitrogens with zero attached hydrogens (tertiary/aromatic N) is 1. The van der Waals surface area contributed by atoms with Crippen LogP contribution in [0, 0.1) is 5.82 Å². The number of hydrogen-bond donors (Lipinski definition) is 1. The van der Waals surface area contributed by atoms with Crippen LogP contribution in [0.4, 0.5) is 10.1 Å². The van der Waals surface area contributed by atoms with Gasteiger partial charge in [-0.05, 0) is 56.3 Å². The molecule has 0 saturated carbocycles. The van der Waals surface area contributed by atoms with Gasteiger partial charge in [-0.15, -0.1) is 0 Å². The molecular formula is C26H27FN2O5S. The summed E-state index contributed by atoms with van der Waals surface area (Å²) in [5.74, 6) is -0.191. The first kappa shape index (κ1) is 24.5. The molecule has 0 bridgehead atoms. The number of halogens is 1. The van der Waals surface area contributed by atoms with Gasteiger partial charge in [0, 0.05) is 12.0 Å². The number of hydrogen-bond acceptors (Lipinski definition) is 5. The van der Waals surface area contributed by atoms with E-state index in [9.17, 15) is 17.6 Å². The lowest BCUT2D eigenvalue weighted by Crippen LogP contribution is -2.45. The fourth-order valence-corrected chi connectivity index (χ4v) is 5.56. The van der Waals surface area contributed by atoms with Gasteiger partial charge in [-0.1, -0.05) is 30.3 Å². The van der Waals surface area contributed by atoms with Crippen LogP contribution in [0.2, 0.25) is 0 Å². The second kappa shape index (κ2) is 9.58. The van der Waals surface area contributed by atoms with Crippen LogP contribution in [0.3, 0.4) is 0 Å². The Balaban J connectivity index is 1.65. The van der Waals surface area contributed by atoms with Gasteiger partial charge in [0.25, 0.3) is 10.0 Å². The zero-order chi connectivity index (χ0) is 25.2. The summed E-state index contributed by atoms with van der Waals surface area (Å²) < 4.78 is 53.7. The van der Waals surface area contributed by atoms with Crippen molar-refractivity contribution >= 4 is 21.6 Å². The summed E-state index contributed by atoms with van der Waals surface area (Å²) in [6.45, 7) is 3.24. The third kappa shape index (κ3) is 5.24. The quantitative estimate of drug-likeness (QED) is 0.520. The van der Waals surface area contributed by atoms with E-state index in [1.54, 1.807) is 0 Å². The molecule has 3 aromatic carbocycles. The van der Waals surface area contributed by atoms with E-state index in [0.29, 0.717) is 17.9 Å². The molecule has 4 rings (SSSR count). The number of rotatable bonds is 7. The summed E-state index contributed by atoms with van der Waals surface area (Å²) in [5, 5.41) is 2.92. The lowest BCUT2D eigenvalue weighted by Gasteiger charge is -2.38. The predicted molar refractivity (Wildman–Crippen MR) is 131 cm³/mol. The van der Waals surface area contributed by atoms with Crippen LogP contribution >= 0.6 is 0 Å². The first-order valence-corrected chi connectivity index (χ1v) is 12.5. The Hall–Kier alpha value is -3.59. The summed E-state index contributed by atoms with van der Waals surface area (Å²) >= 11 is 0. The third-order valence-electron chi connectivity index (χ3n) is 5.77. The van der Waals surface area contributed by atoms with Crippen LogP contribution < -0.4 is 19.1 Å². The minimum atomic E-state index is -4.27. The highest BCUT2D eigenvalue weighted by atomic mass is 32.2. The number of carbonyl (C=O) groups is 1. The normalized spacial score (nSPS) is 16.5. The van der Waals surface area contributed by atoms with Gasteiger partial charge >= 0.3 is 0 Å². The maximum absolute atomic E-state index is 14.7. The highest BCUT2D eigenvalue weighted by Gasteiger charge is 2.35. The van der Waals surface area contributed by atoms with E-state index in [1.807, 2.05) is 38.1 Å². The van der Waals surface area contributed by atoms with Crippen molar-refractivity contribution < 1.29 is 27.1 Å². The van der Waals surface area contributed by atoms with Crippen molar-refractivity contribution in [3.8, 4) is 11.5 Å². The zero-order valence-electron chi connectivity index (χ0n) is 19.7. The fraction of sp³-hybridized carbons (Fsp3) is 0.269. The molecule has 35 heavy (non-hydrogen) atoms. The maximum Gasteiger partial charge on any atom is 0.264 e. The van der Waals surface area contributed by atoms with Crippen molar-refractivity contribution in [2.45, 2.75) is 36.8 Å². The van der Waals surface area contributed by atoms with E-state index < -0.39 is 39.9 Å². The number of fused-ring (bicyclic) bond motifs is 1. The Morgan fingerprint density at radius 1 is 1.09 bits per heavy atom. The van der Waals surface area contributed by atoms with Gasteiger partial charge in [-0.3, -0.25) is 9.10 Å². The van der Waals surface area contributed by atoms with Crippen LogP contribution in [-0.4, -0.2) is 33.6 Å². The van der Waals surface area contributed by atoms with E-state index >= 15 is 0 Å². The first-order valence-electron chi connectivity index (χ1n) is 11.1. The Kier molecular flexibility index (Phi) is 6.71. The van der Waals surface area contributed by atoms with E-state index in [1.165, 1.54) is 49.6 Å². The first-order chi connectivity index (χ1) is 16.6. The predicted octanol–water partition coefficient (Wildman–Crippen LogP) is 4.45. The Morgan fingerprint density at radius 3 is 2.43 bits per heavy atom. The smallest absolute Gasteiger partial charge is 0.264 e. The summed E-state index contributed by atoms with van der Waals surface area (Å²) in [6, 6.07) is 18.1. The average Bonchev–Trinajstić information content (AvgIpc) is 2.82. The van der Waals surface area contributed by atoms with Gasteiger partial charge < -0.3 is 14.8 Å². The van der Waals surface area contributed by atoms with Gasteiger partial charge in [-0.25, -0.2) is 12.8 Å². The molecule has 1 heterocycles. The minimum absolute atomic E-state index is 0.0908. The monoisotopic (exact) mass is 498 g/mol. The standard InChI is InChI=1S/C26H27FN2O5S/c1-26(2)16-22(20-8-4-7-11-24(20)34-26)28-25(30)17-29(23-10-6-5-9-21(23)27)35(31,32)19-14-12-18(33-3)13-15-19/h4-15,22H,16-17H2,1-3H3,(H,28,30). The molecule has 1 unspecified atom stereocenters. The molecule has 3 aromatic rings. The molecular weight excluding hydrogens is 471 g/mol. The summed E-state index contributed by atoms with van der Waals surface area (Å²) in [5.41, 5.74) is 0.0500. The molecule has 0 aromatic heterocycles. The third-order valence-corrected chi connectivity index (χ3v) is 7.54. The molecule has 0 saturated heterocycles. The molecule has 0 radical (unpaired) electrons. The highest BCUT2D eigenvalue weighted by Crippen LogP contribution is 2.39. The second-order valence-electron chi connectivity index (χ2n) is 8.86. The topological polar surface area (TPSA) is 84.9 Å². The number of sulfonamides is 1. The largest absolute Gasteiger partial charge is 0.497 e. The molecule has 1 aliphatic heterocycles. The summed E-state index contributed by atoms with van der Waals surface area (Å²) in [4.78, 5) is 13.1. The number of benzene rings is 3. The number of amides is 1. The Bertz CT molecular complexity index is 1330. The zero-order valence-corrected chi connectivity index (χ0v) is 20.5.